The van der Waals surface area contributed by atoms with Crippen LogP contribution in [0.15, 0.2) is 73.1 Å². The van der Waals surface area contributed by atoms with E-state index >= 15 is 0 Å². The number of pyridine rings is 1. The highest BCUT2D eigenvalue weighted by Gasteiger charge is 2.10. The fourth-order valence-corrected chi connectivity index (χ4v) is 2.86. The summed E-state index contributed by atoms with van der Waals surface area (Å²) < 4.78 is 11.2. The fraction of sp³-hybridized carbons (Fsp3) is 0.125. The van der Waals surface area contributed by atoms with Crippen LogP contribution in [0.25, 0.3) is 6.08 Å². The number of carboxylic acid groups (broad SMARTS) is 1. The van der Waals surface area contributed by atoms with Gasteiger partial charge in [-0.25, -0.2) is 4.79 Å². The molecule has 2 N–H and O–H groups in total. The standard InChI is InChI=1S/C24H22N2O5/c1-30-21-8-6-18(16-22(21)31-15-12-17-10-13-25-14-11-17)7-9-23(27)26-20-5-3-2-4-19(20)24(28)29/h2-11,13-14,16H,12,15H2,1H3,(H,26,27)(H,28,29)/b9-7+. The molecule has 0 spiro atoms. The summed E-state index contributed by atoms with van der Waals surface area (Å²) in [6.45, 7) is 0.458. The summed E-state index contributed by atoms with van der Waals surface area (Å²) in [6.07, 6.45) is 7.15. The van der Waals surface area contributed by atoms with Gasteiger partial charge in [0.05, 0.1) is 25.0 Å². The number of anilines is 1. The van der Waals surface area contributed by atoms with E-state index in [1.807, 2.05) is 12.1 Å². The van der Waals surface area contributed by atoms with E-state index < -0.39 is 11.9 Å². The van der Waals surface area contributed by atoms with Crippen LogP contribution in [0.1, 0.15) is 21.5 Å². The van der Waals surface area contributed by atoms with E-state index in [4.69, 9.17) is 9.47 Å². The Kier molecular flexibility index (Phi) is 7.37. The number of ether oxygens (including phenoxy) is 2. The minimum absolute atomic E-state index is 0.0265. The third-order valence-electron chi connectivity index (χ3n) is 4.43. The maximum absolute atomic E-state index is 12.2. The molecule has 0 aliphatic rings. The molecule has 1 heterocycles. The first-order chi connectivity index (χ1) is 15.1. The predicted octanol–water partition coefficient (Wildman–Crippen LogP) is 4.06. The van der Waals surface area contributed by atoms with Crippen molar-refractivity contribution in [3.8, 4) is 11.5 Å². The molecule has 0 bridgehead atoms. The Morgan fingerprint density at radius 1 is 1.06 bits per heavy atom. The highest BCUT2D eigenvalue weighted by atomic mass is 16.5. The van der Waals surface area contributed by atoms with Crippen molar-refractivity contribution in [2.45, 2.75) is 6.42 Å². The number of carboxylic acids is 1. The highest BCUT2D eigenvalue weighted by Crippen LogP contribution is 2.28. The third-order valence-corrected chi connectivity index (χ3v) is 4.43. The average molecular weight is 418 g/mol. The number of hydrogen-bond donors (Lipinski definition) is 2. The summed E-state index contributed by atoms with van der Waals surface area (Å²) >= 11 is 0. The Hall–Kier alpha value is -4.13. The highest BCUT2D eigenvalue weighted by molar-refractivity contribution is 6.06. The van der Waals surface area contributed by atoms with Gasteiger partial charge in [0.2, 0.25) is 5.91 Å². The molecule has 0 radical (unpaired) electrons. The zero-order valence-corrected chi connectivity index (χ0v) is 16.9. The van der Waals surface area contributed by atoms with Gasteiger partial charge in [0.15, 0.2) is 11.5 Å². The first-order valence-electron chi connectivity index (χ1n) is 9.58. The van der Waals surface area contributed by atoms with E-state index in [1.54, 1.807) is 55.9 Å². The summed E-state index contributed by atoms with van der Waals surface area (Å²) in [4.78, 5) is 27.5. The normalized spacial score (nSPS) is 10.6. The Bertz CT molecular complexity index is 1080. The predicted molar refractivity (Wildman–Crippen MR) is 117 cm³/mol. The molecule has 0 aliphatic heterocycles. The number of rotatable bonds is 9. The summed E-state index contributed by atoms with van der Waals surface area (Å²) in [5, 5.41) is 11.8. The molecule has 1 amide bonds. The molecule has 0 unspecified atom stereocenters. The Balaban J connectivity index is 1.65. The molecule has 3 aromatic rings. The van der Waals surface area contributed by atoms with Crippen molar-refractivity contribution in [3.63, 3.8) is 0 Å². The van der Waals surface area contributed by atoms with Crippen molar-refractivity contribution in [2.24, 2.45) is 0 Å². The lowest BCUT2D eigenvalue weighted by molar-refractivity contribution is -0.111. The van der Waals surface area contributed by atoms with Crippen LogP contribution in [0, 0.1) is 0 Å². The van der Waals surface area contributed by atoms with Crippen molar-refractivity contribution >= 4 is 23.6 Å². The summed E-state index contributed by atoms with van der Waals surface area (Å²) in [5.74, 6) is -0.393. The molecule has 7 nitrogen and oxygen atoms in total. The smallest absolute Gasteiger partial charge is 0.337 e. The van der Waals surface area contributed by atoms with E-state index in [-0.39, 0.29) is 11.3 Å². The van der Waals surface area contributed by atoms with Gasteiger partial charge in [-0.1, -0.05) is 18.2 Å². The van der Waals surface area contributed by atoms with E-state index in [1.165, 1.54) is 18.2 Å². The molecule has 158 valence electrons. The van der Waals surface area contributed by atoms with Gasteiger partial charge in [-0.05, 0) is 53.6 Å². The first kappa shape index (κ1) is 21.6. The van der Waals surface area contributed by atoms with Crippen molar-refractivity contribution in [1.82, 2.24) is 4.98 Å². The monoisotopic (exact) mass is 418 g/mol. The maximum Gasteiger partial charge on any atom is 0.337 e. The Labute approximate surface area is 180 Å². The zero-order chi connectivity index (χ0) is 22.1. The fourth-order valence-electron chi connectivity index (χ4n) is 2.86. The van der Waals surface area contributed by atoms with Crippen LogP contribution in [0.4, 0.5) is 5.69 Å². The number of carbonyl (C=O) groups excluding carboxylic acids is 1. The number of nitrogens with zero attached hydrogens (tertiary/aromatic N) is 1. The quantitative estimate of drug-likeness (QED) is 0.509. The van der Waals surface area contributed by atoms with Crippen LogP contribution in [-0.2, 0) is 11.2 Å². The second-order valence-corrected chi connectivity index (χ2v) is 6.54. The number of hydrogen-bond acceptors (Lipinski definition) is 5. The number of aromatic carboxylic acids is 1. The number of para-hydroxylation sites is 1. The molecule has 0 fully saturated rings. The zero-order valence-electron chi connectivity index (χ0n) is 16.9. The number of nitrogens with one attached hydrogen (secondary N) is 1. The average Bonchev–Trinajstić information content (AvgIpc) is 2.79. The van der Waals surface area contributed by atoms with Crippen LogP contribution in [-0.4, -0.2) is 35.7 Å². The minimum atomic E-state index is -1.11. The molecule has 0 atom stereocenters. The molecule has 0 saturated heterocycles. The van der Waals surface area contributed by atoms with Gasteiger partial charge < -0.3 is 19.9 Å². The van der Waals surface area contributed by atoms with E-state index in [0.29, 0.717) is 18.1 Å². The van der Waals surface area contributed by atoms with Gasteiger partial charge in [-0.15, -0.1) is 0 Å². The number of benzene rings is 2. The first-order valence-corrected chi connectivity index (χ1v) is 9.58. The van der Waals surface area contributed by atoms with Crippen molar-refractivity contribution in [2.75, 3.05) is 19.0 Å². The third kappa shape index (κ3) is 6.17. The van der Waals surface area contributed by atoms with E-state index in [2.05, 4.69) is 10.3 Å². The summed E-state index contributed by atoms with van der Waals surface area (Å²) in [6, 6.07) is 15.4. The Morgan fingerprint density at radius 2 is 1.84 bits per heavy atom. The van der Waals surface area contributed by atoms with Crippen LogP contribution in [0.2, 0.25) is 0 Å². The molecular weight excluding hydrogens is 396 g/mol. The summed E-state index contributed by atoms with van der Waals surface area (Å²) in [7, 11) is 1.56. The van der Waals surface area contributed by atoms with Crippen molar-refractivity contribution in [3.05, 3.63) is 89.8 Å². The van der Waals surface area contributed by atoms with E-state index in [0.717, 1.165) is 17.5 Å². The van der Waals surface area contributed by atoms with Gasteiger partial charge in [0, 0.05) is 24.9 Å². The maximum atomic E-state index is 12.2. The van der Waals surface area contributed by atoms with Crippen LogP contribution in [0.3, 0.4) is 0 Å². The molecule has 3 rings (SSSR count). The molecule has 0 saturated carbocycles. The molecule has 1 aromatic heterocycles. The number of carbonyl (C=O) groups is 2. The van der Waals surface area contributed by atoms with Crippen molar-refractivity contribution < 1.29 is 24.2 Å². The lowest BCUT2D eigenvalue weighted by atomic mass is 10.1. The lowest BCUT2D eigenvalue weighted by Crippen LogP contribution is -2.11. The molecule has 0 aliphatic carbocycles. The van der Waals surface area contributed by atoms with Gasteiger partial charge in [-0.2, -0.15) is 0 Å². The van der Waals surface area contributed by atoms with Gasteiger partial charge in [0.25, 0.3) is 0 Å². The van der Waals surface area contributed by atoms with Crippen LogP contribution < -0.4 is 14.8 Å². The van der Waals surface area contributed by atoms with Gasteiger partial charge in [0.1, 0.15) is 0 Å². The van der Waals surface area contributed by atoms with Crippen LogP contribution >= 0.6 is 0 Å². The van der Waals surface area contributed by atoms with Crippen molar-refractivity contribution in [1.29, 1.82) is 0 Å². The largest absolute Gasteiger partial charge is 0.493 e. The van der Waals surface area contributed by atoms with Gasteiger partial charge >= 0.3 is 5.97 Å². The van der Waals surface area contributed by atoms with Gasteiger partial charge in [-0.3, -0.25) is 9.78 Å². The minimum Gasteiger partial charge on any atom is -0.493 e. The number of methoxy groups -OCH3 is 1. The topological polar surface area (TPSA) is 97.8 Å². The van der Waals surface area contributed by atoms with Crippen LogP contribution in [0.5, 0.6) is 11.5 Å². The number of amides is 1. The summed E-state index contributed by atoms with van der Waals surface area (Å²) in [5.41, 5.74) is 2.11. The second kappa shape index (κ2) is 10.6. The second-order valence-electron chi connectivity index (χ2n) is 6.54. The lowest BCUT2D eigenvalue weighted by Gasteiger charge is -2.11. The van der Waals surface area contributed by atoms with E-state index in [9.17, 15) is 14.7 Å². The molecule has 2 aromatic carbocycles. The molecule has 7 heteroatoms. The SMILES string of the molecule is COc1ccc(/C=C/C(=O)Nc2ccccc2C(=O)O)cc1OCCc1ccncc1. The molecule has 31 heavy (non-hydrogen) atoms. The number of aromatic nitrogens is 1. The Morgan fingerprint density at radius 3 is 2.58 bits per heavy atom. The molecular formula is C24H22N2O5.